The quantitative estimate of drug-likeness (QED) is 0.441. The van der Waals surface area contributed by atoms with Gasteiger partial charge < -0.3 is 9.57 Å². The van der Waals surface area contributed by atoms with E-state index in [1.54, 1.807) is 7.11 Å². The minimum Gasteiger partial charge on any atom is -0.482 e. The van der Waals surface area contributed by atoms with Gasteiger partial charge in [-0.05, 0) is 0 Å². The molecule has 1 heterocycles. The third kappa shape index (κ3) is 0.824. The van der Waals surface area contributed by atoms with Crippen LogP contribution in [0.15, 0.2) is 5.16 Å². The summed E-state index contributed by atoms with van der Waals surface area (Å²) < 4.78 is 4.74. The minimum atomic E-state index is 0.670. The van der Waals surface area contributed by atoms with E-state index in [0.717, 1.165) is 6.42 Å². The van der Waals surface area contributed by atoms with Crippen molar-refractivity contribution in [3.8, 4) is 0 Å². The smallest absolute Gasteiger partial charge is 0.228 e. The first kappa shape index (κ1) is 4.43. The van der Waals surface area contributed by atoms with Crippen LogP contribution in [0.1, 0.15) is 6.42 Å². The lowest BCUT2D eigenvalue weighted by atomic mass is 10.5. The van der Waals surface area contributed by atoms with Gasteiger partial charge in [-0.25, -0.2) is 0 Å². The van der Waals surface area contributed by atoms with Crippen LogP contribution in [0, 0.1) is 0 Å². The van der Waals surface area contributed by atoms with Crippen LogP contribution >= 0.6 is 0 Å². The summed E-state index contributed by atoms with van der Waals surface area (Å²) in [6.45, 7) is 0.670. The zero-order chi connectivity index (χ0) is 5.11. The predicted octanol–water partition coefficient (Wildman–Crippen LogP) is 0.367. The molecule has 0 aromatic carbocycles. The van der Waals surface area contributed by atoms with Crippen molar-refractivity contribution >= 4 is 5.90 Å². The fourth-order valence-corrected chi connectivity index (χ4v) is 0.436. The molecule has 0 atom stereocenters. The lowest BCUT2D eigenvalue weighted by Crippen LogP contribution is -1.94. The van der Waals surface area contributed by atoms with Crippen LogP contribution in [0.2, 0.25) is 0 Å². The first-order valence-corrected chi connectivity index (χ1v) is 2.16. The van der Waals surface area contributed by atoms with E-state index in [1.807, 2.05) is 0 Å². The Hall–Kier alpha value is -0.730. The molecule has 0 amide bonds. The Balaban J connectivity index is 2.36. The molecular weight excluding hydrogens is 94.0 g/mol. The maximum Gasteiger partial charge on any atom is 0.228 e. The molecule has 0 N–H and O–H groups in total. The molecule has 1 rings (SSSR count). The molecule has 0 aliphatic carbocycles. The number of hydrogen-bond acceptors (Lipinski definition) is 3. The molecule has 0 saturated heterocycles. The second-order valence-corrected chi connectivity index (χ2v) is 1.27. The van der Waals surface area contributed by atoms with Gasteiger partial charge in [0.25, 0.3) is 0 Å². The summed E-state index contributed by atoms with van der Waals surface area (Å²) in [6.07, 6.45) is 0.816. The summed E-state index contributed by atoms with van der Waals surface area (Å²) >= 11 is 0. The van der Waals surface area contributed by atoms with Crippen molar-refractivity contribution in [3.05, 3.63) is 0 Å². The Morgan fingerprint density at radius 1 is 1.86 bits per heavy atom. The van der Waals surface area contributed by atoms with Gasteiger partial charge in [0.15, 0.2) is 0 Å². The zero-order valence-corrected chi connectivity index (χ0v) is 4.18. The Labute approximate surface area is 41.9 Å². The molecular formula is C4H7NO2. The van der Waals surface area contributed by atoms with Gasteiger partial charge in [-0.15, -0.1) is 0 Å². The van der Waals surface area contributed by atoms with E-state index in [-0.39, 0.29) is 0 Å². The Morgan fingerprint density at radius 3 is 3.00 bits per heavy atom. The second kappa shape index (κ2) is 1.82. The topological polar surface area (TPSA) is 30.8 Å². The van der Waals surface area contributed by atoms with Crippen molar-refractivity contribution in [2.75, 3.05) is 13.7 Å². The van der Waals surface area contributed by atoms with Gasteiger partial charge in [0.1, 0.15) is 6.61 Å². The van der Waals surface area contributed by atoms with E-state index in [0.29, 0.717) is 12.5 Å². The highest BCUT2D eigenvalue weighted by atomic mass is 16.7. The van der Waals surface area contributed by atoms with Gasteiger partial charge in [-0.2, -0.15) is 0 Å². The molecule has 0 aromatic rings. The number of methoxy groups -OCH3 is 1. The van der Waals surface area contributed by atoms with Crippen LogP contribution in [-0.2, 0) is 9.57 Å². The maximum atomic E-state index is 4.74. The number of ether oxygens (including phenoxy) is 1. The van der Waals surface area contributed by atoms with E-state index in [9.17, 15) is 0 Å². The average Bonchev–Trinajstić information content (AvgIpc) is 2.14. The molecule has 0 saturated carbocycles. The maximum absolute atomic E-state index is 4.74. The van der Waals surface area contributed by atoms with Crippen molar-refractivity contribution in [2.24, 2.45) is 5.16 Å². The lowest BCUT2D eigenvalue weighted by molar-refractivity contribution is 0.172. The van der Waals surface area contributed by atoms with Gasteiger partial charge in [-0.1, -0.05) is 5.16 Å². The third-order valence-corrected chi connectivity index (χ3v) is 0.809. The minimum absolute atomic E-state index is 0.670. The highest BCUT2D eigenvalue weighted by Crippen LogP contribution is 1.98. The summed E-state index contributed by atoms with van der Waals surface area (Å²) in [4.78, 5) is 4.61. The van der Waals surface area contributed by atoms with Gasteiger partial charge in [0.2, 0.25) is 5.90 Å². The Kier molecular flexibility index (Phi) is 1.15. The van der Waals surface area contributed by atoms with Gasteiger partial charge in [0, 0.05) is 0 Å². The summed E-state index contributed by atoms with van der Waals surface area (Å²) in [6, 6.07) is 0. The number of rotatable bonds is 0. The normalized spacial score (nSPS) is 18.1. The standard InChI is InChI=1S/C4H7NO2/c1-6-4-2-3-7-5-4/h2-3H2,1H3. The Bertz CT molecular complexity index is 89.7. The van der Waals surface area contributed by atoms with Crippen molar-refractivity contribution in [3.63, 3.8) is 0 Å². The lowest BCUT2D eigenvalue weighted by Gasteiger charge is -1.88. The molecule has 0 bridgehead atoms. The van der Waals surface area contributed by atoms with Crippen LogP contribution in [0.4, 0.5) is 0 Å². The van der Waals surface area contributed by atoms with E-state index in [4.69, 9.17) is 4.74 Å². The van der Waals surface area contributed by atoms with Crippen LogP contribution in [-0.4, -0.2) is 19.6 Å². The van der Waals surface area contributed by atoms with Crippen LogP contribution in [0.3, 0.4) is 0 Å². The summed E-state index contributed by atoms with van der Waals surface area (Å²) in [5.41, 5.74) is 0. The van der Waals surface area contributed by atoms with Gasteiger partial charge in [-0.3, -0.25) is 0 Å². The second-order valence-electron chi connectivity index (χ2n) is 1.27. The number of nitrogens with zero attached hydrogens (tertiary/aromatic N) is 1. The molecule has 0 aromatic heterocycles. The van der Waals surface area contributed by atoms with E-state index in [1.165, 1.54) is 0 Å². The predicted molar refractivity (Wildman–Crippen MR) is 25.0 cm³/mol. The highest BCUT2D eigenvalue weighted by Gasteiger charge is 2.04. The van der Waals surface area contributed by atoms with Crippen LogP contribution in [0.5, 0.6) is 0 Å². The van der Waals surface area contributed by atoms with Crippen LogP contribution < -0.4 is 0 Å². The van der Waals surface area contributed by atoms with E-state index in [2.05, 4.69) is 9.99 Å². The SMILES string of the molecule is COC1=NOCC1. The first-order valence-electron chi connectivity index (χ1n) is 2.16. The number of hydrogen-bond donors (Lipinski definition) is 0. The Morgan fingerprint density at radius 2 is 2.71 bits per heavy atom. The summed E-state index contributed by atoms with van der Waals surface area (Å²) in [5, 5.41) is 3.55. The summed E-state index contributed by atoms with van der Waals surface area (Å²) in [7, 11) is 1.59. The van der Waals surface area contributed by atoms with Crippen molar-refractivity contribution in [2.45, 2.75) is 6.42 Å². The molecule has 0 spiro atoms. The molecule has 3 heteroatoms. The molecule has 0 radical (unpaired) electrons. The monoisotopic (exact) mass is 101 g/mol. The average molecular weight is 101 g/mol. The zero-order valence-electron chi connectivity index (χ0n) is 4.18. The highest BCUT2D eigenvalue weighted by molar-refractivity contribution is 5.76. The van der Waals surface area contributed by atoms with Crippen molar-refractivity contribution in [1.82, 2.24) is 0 Å². The molecule has 0 fully saturated rings. The molecule has 3 nitrogen and oxygen atoms in total. The molecule has 1 aliphatic rings. The van der Waals surface area contributed by atoms with Crippen molar-refractivity contribution in [1.29, 1.82) is 0 Å². The fraction of sp³-hybridized carbons (Fsp3) is 0.750. The van der Waals surface area contributed by atoms with Gasteiger partial charge >= 0.3 is 0 Å². The molecule has 0 unspecified atom stereocenters. The van der Waals surface area contributed by atoms with Crippen molar-refractivity contribution < 1.29 is 9.57 Å². The van der Waals surface area contributed by atoms with Crippen LogP contribution in [0.25, 0.3) is 0 Å². The van der Waals surface area contributed by atoms with Gasteiger partial charge in [0.05, 0.1) is 13.5 Å². The molecule has 7 heavy (non-hydrogen) atoms. The van der Waals surface area contributed by atoms with E-state index >= 15 is 0 Å². The first-order chi connectivity index (χ1) is 3.43. The van der Waals surface area contributed by atoms with E-state index < -0.39 is 0 Å². The fourth-order valence-electron chi connectivity index (χ4n) is 0.436. The largest absolute Gasteiger partial charge is 0.482 e. The number of oxime groups is 1. The third-order valence-electron chi connectivity index (χ3n) is 0.809. The summed E-state index contributed by atoms with van der Waals surface area (Å²) in [5.74, 6) is 0.694. The molecule has 40 valence electrons. The molecule has 1 aliphatic heterocycles.